The van der Waals surface area contributed by atoms with Crippen molar-refractivity contribution in [3.63, 3.8) is 0 Å². The minimum absolute atomic E-state index is 0.252. The van der Waals surface area contributed by atoms with E-state index in [4.69, 9.17) is 4.74 Å². The fourth-order valence-electron chi connectivity index (χ4n) is 2.44. The van der Waals surface area contributed by atoms with Gasteiger partial charge in [-0.2, -0.15) is 0 Å². The minimum atomic E-state index is -0.607. The van der Waals surface area contributed by atoms with Gasteiger partial charge in [0.15, 0.2) is 0 Å². The Morgan fingerprint density at radius 3 is 2.78 bits per heavy atom. The highest BCUT2D eigenvalue weighted by Gasteiger charge is 2.23. The molecule has 0 saturated heterocycles. The Morgan fingerprint density at radius 2 is 2.17 bits per heavy atom. The van der Waals surface area contributed by atoms with E-state index in [1.165, 1.54) is 4.57 Å². The molecule has 0 unspecified atom stereocenters. The van der Waals surface area contributed by atoms with Crippen molar-refractivity contribution in [1.82, 2.24) is 9.55 Å². The molecule has 7 heteroatoms. The van der Waals surface area contributed by atoms with Crippen LogP contribution in [0.4, 0.5) is 4.79 Å². The number of ether oxygens (including phenoxy) is 1. The van der Waals surface area contributed by atoms with Crippen LogP contribution in [-0.4, -0.2) is 33.8 Å². The second kappa shape index (κ2) is 5.83. The third kappa shape index (κ3) is 3.02. The number of hydrogen-bond acceptors (Lipinski definition) is 5. The van der Waals surface area contributed by atoms with Gasteiger partial charge in [-0.15, -0.1) is 11.3 Å². The van der Waals surface area contributed by atoms with Crippen LogP contribution in [0, 0.1) is 0 Å². The monoisotopic (exact) mass is 328 g/mol. The van der Waals surface area contributed by atoms with Crippen molar-refractivity contribution in [3.05, 3.63) is 35.8 Å². The molecular formula is C16H17BN2O3S. The second-order valence-corrected chi connectivity index (χ2v) is 7.13. The first kappa shape index (κ1) is 15.8. The third-order valence-electron chi connectivity index (χ3n) is 3.30. The number of nitrogens with zero attached hydrogens (tertiary/aromatic N) is 2. The number of fused-ring (bicyclic) bond motifs is 1. The van der Waals surface area contributed by atoms with E-state index in [-0.39, 0.29) is 7.48 Å². The van der Waals surface area contributed by atoms with Crippen LogP contribution in [0.3, 0.4) is 0 Å². The molecule has 3 aromatic heterocycles. The molecule has 118 valence electrons. The third-order valence-corrected chi connectivity index (χ3v) is 4.18. The summed E-state index contributed by atoms with van der Waals surface area (Å²) in [4.78, 5) is 18.0. The van der Waals surface area contributed by atoms with Crippen molar-refractivity contribution in [2.75, 3.05) is 0 Å². The zero-order valence-corrected chi connectivity index (χ0v) is 14.1. The zero-order chi connectivity index (χ0) is 16.6. The number of thiophene rings is 1. The number of aromatic nitrogens is 2. The van der Waals surface area contributed by atoms with Crippen LogP contribution < -0.4 is 5.59 Å². The van der Waals surface area contributed by atoms with Gasteiger partial charge in [-0.05, 0) is 44.4 Å². The lowest BCUT2D eigenvalue weighted by molar-refractivity contribution is 0.0549. The molecule has 0 radical (unpaired) electrons. The summed E-state index contributed by atoms with van der Waals surface area (Å²) < 4.78 is 6.87. The molecule has 0 bridgehead atoms. The average molecular weight is 328 g/mol. The van der Waals surface area contributed by atoms with Crippen LogP contribution in [0.5, 0.6) is 0 Å². The summed E-state index contributed by atoms with van der Waals surface area (Å²) in [5.41, 5.74) is 1.36. The Labute approximate surface area is 138 Å². The summed E-state index contributed by atoms with van der Waals surface area (Å²) in [6, 6.07) is 7.49. The molecule has 0 aliphatic rings. The minimum Gasteiger partial charge on any atom is -0.448 e. The van der Waals surface area contributed by atoms with Gasteiger partial charge in [-0.25, -0.2) is 4.79 Å². The summed E-state index contributed by atoms with van der Waals surface area (Å²) in [7, 11) is -0.252. The van der Waals surface area contributed by atoms with Crippen LogP contribution in [0.2, 0.25) is 0 Å². The Bertz CT molecular complexity index is 850. The molecule has 23 heavy (non-hydrogen) atoms. The van der Waals surface area contributed by atoms with Crippen molar-refractivity contribution in [1.29, 1.82) is 0 Å². The van der Waals surface area contributed by atoms with E-state index in [9.17, 15) is 9.82 Å². The average Bonchev–Trinajstić information content (AvgIpc) is 3.11. The van der Waals surface area contributed by atoms with E-state index in [1.54, 1.807) is 29.7 Å². The molecule has 3 aromatic rings. The molecule has 0 amide bonds. The van der Waals surface area contributed by atoms with Gasteiger partial charge >= 0.3 is 13.6 Å². The van der Waals surface area contributed by atoms with Gasteiger partial charge in [0.25, 0.3) is 0 Å². The molecule has 0 fully saturated rings. The van der Waals surface area contributed by atoms with Crippen LogP contribution in [0.1, 0.15) is 20.8 Å². The quantitative estimate of drug-likeness (QED) is 0.734. The highest BCUT2D eigenvalue weighted by Crippen LogP contribution is 2.30. The normalized spacial score (nSPS) is 11.7. The Balaban J connectivity index is 2.19. The van der Waals surface area contributed by atoms with Crippen molar-refractivity contribution < 1.29 is 14.6 Å². The highest BCUT2D eigenvalue weighted by atomic mass is 32.1. The zero-order valence-electron chi connectivity index (χ0n) is 13.2. The fourth-order valence-corrected chi connectivity index (χ4v) is 3.17. The van der Waals surface area contributed by atoms with Gasteiger partial charge in [-0.3, -0.25) is 9.55 Å². The molecule has 1 N–H and O–H groups in total. The predicted octanol–water partition coefficient (Wildman–Crippen LogP) is 2.52. The van der Waals surface area contributed by atoms with Gasteiger partial charge < -0.3 is 9.76 Å². The van der Waals surface area contributed by atoms with Crippen LogP contribution >= 0.6 is 11.3 Å². The lowest BCUT2D eigenvalue weighted by Gasteiger charge is -2.20. The number of carbonyl (C=O) groups is 1. The fraction of sp³-hybridized carbons (Fsp3) is 0.250. The molecule has 5 nitrogen and oxygen atoms in total. The summed E-state index contributed by atoms with van der Waals surface area (Å²) in [5.74, 6) is 0. The van der Waals surface area contributed by atoms with Gasteiger partial charge in [0.05, 0.1) is 16.1 Å². The van der Waals surface area contributed by atoms with Gasteiger partial charge in [-0.1, -0.05) is 6.07 Å². The first-order valence-corrected chi connectivity index (χ1v) is 8.16. The molecule has 3 heterocycles. The number of carbonyl (C=O) groups excluding carboxylic acids is 1. The molecule has 0 saturated carbocycles. The highest BCUT2D eigenvalue weighted by molar-refractivity contribution is 7.13. The predicted molar refractivity (Wildman–Crippen MR) is 93.7 cm³/mol. The molecule has 0 aliphatic carbocycles. The number of rotatable bonds is 2. The maximum atomic E-state index is 12.5. The Hall–Kier alpha value is -2.12. The van der Waals surface area contributed by atoms with E-state index >= 15 is 0 Å². The van der Waals surface area contributed by atoms with E-state index in [2.05, 4.69) is 4.98 Å². The number of pyridine rings is 1. The first-order valence-electron chi connectivity index (χ1n) is 7.28. The van der Waals surface area contributed by atoms with Crippen molar-refractivity contribution in [2.24, 2.45) is 0 Å². The van der Waals surface area contributed by atoms with Crippen LogP contribution in [-0.2, 0) is 4.74 Å². The van der Waals surface area contributed by atoms with Crippen molar-refractivity contribution in [2.45, 2.75) is 26.4 Å². The molecule has 0 spiro atoms. The van der Waals surface area contributed by atoms with E-state index in [0.717, 1.165) is 16.0 Å². The molecule has 3 rings (SSSR count). The largest absolute Gasteiger partial charge is 0.448 e. The summed E-state index contributed by atoms with van der Waals surface area (Å²) in [5, 5.41) is 12.4. The van der Waals surface area contributed by atoms with E-state index in [1.807, 2.05) is 38.3 Å². The summed E-state index contributed by atoms with van der Waals surface area (Å²) in [6.07, 6.45) is 1.17. The Morgan fingerprint density at radius 1 is 1.39 bits per heavy atom. The standard InChI is InChI=1S/C16H17BN2O3S/c1-16(2,3)22-15(20)19-11-6-7-18-14(12-5-4-8-23-12)10(11)9-13(19)17-21/h4-9,17,21H,1-3H3. The first-order chi connectivity index (χ1) is 10.9. The second-order valence-electron chi connectivity index (χ2n) is 6.18. The van der Waals surface area contributed by atoms with Crippen LogP contribution in [0.15, 0.2) is 35.8 Å². The molecule has 0 atom stereocenters. The summed E-state index contributed by atoms with van der Waals surface area (Å²) in [6.45, 7) is 5.44. The summed E-state index contributed by atoms with van der Waals surface area (Å²) >= 11 is 1.58. The molecule has 0 aliphatic heterocycles. The lowest BCUT2D eigenvalue weighted by atomic mass is 9.96. The van der Waals surface area contributed by atoms with Crippen molar-refractivity contribution in [3.8, 4) is 10.6 Å². The van der Waals surface area contributed by atoms with E-state index < -0.39 is 11.7 Å². The van der Waals surface area contributed by atoms with Gasteiger partial charge in [0.2, 0.25) is 0 Å². The lowest BCUT2D eigenvalue weighted by Crippen LogP contribution is -2.34. The van der Waals surface area contributed by atoms with Gasteiger partial charge in [0, 0.05) is 17.2 Å². The van der Waals surface area contributed by atoms with E-state index in [0.29, 0.717) is 11.1 Å². The SMILES string of the molecule is CC(C)(C)OC(=O)n1c(BO)cc2c(-c3cccs3)nccc21. The topological polar surface area (TPSA) is 64.3 Å². The number of hydrogen-bond donors (Lipinski definition) is 1. The molecular weight excluding hydrogens is 311 g/mol. The Kier molecular flexibility index (Phi) is 4.00. The maximum absolute atomic E-state index is 12.5. The van der Waals surface area contributed by atoms with Crippen molar-refractivity contribution >= 4 is 41.4 Å². The maximum Gasteiger partial charge on any atom is 0.418 e. The smallest absolute Gasteiger partial charge is 0.418 e. The molecule has 0 aromatic carbocycles. The van der Waals surface area contributed by atoms with Gasteiger partial charge in [0.1, 0.15) is 5.60 Å². The van der Waals surface area contributed by atoms with Crippen LogP contribution in [0.25, 0.3) is 21.5 Å².